The highest BCUT2D eigenvalue weighted by Crippen LogP contribution is 2.37. The quantitative estimate of drug-likeness (QED) is 0.743. The van der Waals surface area contributed by atoms with Crippen LogP contribution in [0.3, 0.4) is 0 Å². The summed E-state index contributed by atoms with van der Waals surface area (Å²) in [4.78, 5) is 0.120. The maximum absolute atomic E-state index is 12.5. The fraction of sp³-hybridized carbons (Fsp3) is 0.500. The van der Waals surface area contributed by atoms with E-state index in [1.165, 1.54) is 10.4 Å². The normalized spacial score (nSPS) is 20.5. The standard InChI is InChI=1S/C12H16N2O4S/c13-9-4-8-2-1-3-18-12(8)11(5-9)19(16,17)14-6-10(15)7-14/h4-5,10,15H,1-3,6-7,13H2. The predicted molar refractivity (Wildman–Crippen MR) is 69.4 cm³/mol. The molecule has 1 fully saturated rings. The number of aliphatic hydroxyl groups excluding tert-OH is 1. The van der Waals surface area contributed by atoms with E-state index < -0.39 is 16.1 Å². The number of nitrogen functional groups attached to an aromatic ring is 1. The number of nitrogens with two attached hydrogens (primary N) is 1. The van der Waals surface area contributed by atoms with Gasteiger partial charge in [0.2, 0.25) is 10.0 Å². The Labute approximate surface area is 111 Å². The molecule has 1 aromatic carbocycles. The average molecular weight is 284 g/mol. The number of aliphatic hydroxyl groups is 1. The van der Waals surface area contributed by atoms with Crippen LogP contribution in [0.5, 0.6) is 5.75 Å². The summed E-state index contributed by atoms with van der Waals surface area (Å²) in [6.45, 7) is 0.778. The third-order valence-electron chi connectivity index (χ3n) is 3.44. The van der Waals surface area contributed by atoms with Gasteiger partial charge in [-0.1, -0.05) is 0 Å². The summed E-state index contributed by atoms with van der Waals surface area (Å²) in [7, 11) is -3.63. The van der Waals surface area contributed by atoms with Gasteiger partial charge in [0.05, 0.1) is 12.7 Å². The number of benzene rings is 1. The van der Waals surface area contributed by atoms with Gasteiger partial charge in [0.25, 0.3) is 0 Å². The highest BCUT2D eigenvalue weighted by molar-refractivity contribution is 7.89. The number of anilines is 1. The number of aryl methyl sites for hydroxylation is 1. The van der Waals surface area contributed by atoms with E-state index in [2.05, 4.69) is 0 Å². The van der Waals surface area contributed by atoms with Crippen molar-refractivity contribution < 1.29 is 18.3 Å². The number of sulfonamides is 1. The van der Waals surface area contributed by atoms with E-state index >= 15 is 0 Å². The Kier molecular flexibility index (Phi) is 2.92. The van der Waals surface area contributed by atoms with E-state index in [4.69, 9.17) is 10.5 Å². The first-order valence-electron chi connectivity index (χ1n) is 6.22. The topological polar surface area (TPSA) is 92.9 Å². The average Bonchev–Trinajstić information content (AvgIpc) is 2.33. The fourth-order valence-corrected chi connectivity index (χ4v) is 4.14. The van der Waals surface area contributed by atoms with Gasteiger partial charge in [0.1, 0.15) is 10.6 Å². The summed E-state index contributed by atoms with van der Waals surface area (Å²) >= 11 is 0. The molecule has 0 radical (unpaired) electrons. The zero-order valence-corrected chi connectivity index (χ0v) is 11.2. The van der Waals surface area contributed by atoms with Crippen molar-refractivity contribution in [3.05, 3.63) is 17.7 Å². The number of hydrogen-bond acceptors (Lipinski definition) is 5. The summed E-state index contributed by atoms with van der Waals surface area (Å²) in [5, 5.41) is 9.26. The van der Waals surface area contributed by atoms with Gasteiger partial charge in [-0.05, 0) is 30.5 Å². The zero-order valence-electron chi connectivity index (χ0n) is 10.4. The molecule has 104 valence electrons. The minimum absolute atomic E-state index is 0.120. The molecule has 6 nitrogen and oxygen atoms in total. The van der Waals surface area contributed by atoms with Crippen molar-refractivity contribution in [1.82, 2.24) is 4.31 Å². The van der Waals surface area contributed by atoms with Crippen LogP contribution in [0.25, 0.3) is 0 Å². The van der Waals surface area contributed by atoms with Crippen LogP contribution in [0.2, 0.25) is 0 Å². The zero-order chi connectivity index (χ0) is 13.6. The highest BCUT2D eigenvalue weighted by Gasteiger charge is 2.38. The van der Waals surface area contributed by atoms with Crippen molar-refractivity contribution in [3.63, 3.8) is 0 Å². The SMILES string of the molecule is Nc1cc2c(c(S(=O)(=O)N3CC(O)C3)c1)OCCC2. The van der Waals surface area contributed by atoms with Gasteiger partial charge >= 0.3 is 0 Å². The molecule has 3 N–H and O–H groups in total. The maximum Gasteiger partial charge on any atom is 0.247 e. The highest BCUT2D eigenvalue weighted by atomic mass is 32.2. The molecule has 7 heteroatoms. The number of nitrogens with zero attached hydrogens (tertiary/aromatic N) is 1. The molecule has 19 heavy (non-hydrogen) atoms. The first kappa shape index (κ1) is 12.7. The van der Waals surface area contributed by atoms with E-state index in [0.717, 1.165) is 18.4 Å². The summed E-state index contributed by atoms with van der Waals surface area (Å²) in [5.41, 5.74) is 7.04. The summed E-state index contributed by atoms with van der Waals surface area (Å²) in [5.74, 6) is 0.418. The molecule has 0 atom stereocenters. The second-order valence-electron chi connectivity index (χ2n) is 4.94. The molecule has 0 amide bonds. The molecule has 2 aliphatic heterocycles. The minimum Gasteiger partial charge on any atom is -0.492 e. The van der Waals surface area contributed by atoms with Crippen LogP contribution < -0.4 is 10.5 Å². The fourth-order valence-electron chi connectivity index (χ4n) is 2.41. The van der Waals surface area contributed by atoms with Crippen molar-refractivity contribution in [3.8, 4) is 5.75 Å². The van der Waals surface area contributed by atoms with Crippen molar-refractivity contribution in [1.29, 1.82) is 0 Å². The van der Waals surface area contributed by atoms with Crippen LogP contribution >= 0.6 is 0 Å². The molecule has 3 rings (SSSR count). The van der Waals surface area contributed by atoms with Gasteiger partial charge in [-0.2, -0.15) is 4.31 Å². The predicted octanol–water partition coefficient (Wildman–Crippen LogP) is -0.0410. The summed E-state index contributed by atoms with van der Waals surface area (Å²) in [6.07, 6.45) is 1.05. The van der Waals surface area contributed by atoms with E-state index in [9.17, 15) is 13.5 Å². The van der Waals surface area contributed by atoms with Crippen molar-refractivity contribution >= 4 is 15.7 Å². The number of hydrogen-bond donors (Lipinski definition) is 2. The van der Waals surface area contributed by atoms with Gasteiger partial charge in [0, 0.05) is 18.8 Å². The number of β-amino-alcohol motifs (C(OH)–C–C–N with tert-alkyl or cyclic N) is 1. The van der Waals surface area contributed by atoms with Crippen molar-refractivity contribution in [2.75, 3.05) is 25.4 Å². The molecule has 1 aromatic rings. The largest absolute Gasteiger partial charge is 0.492 e. The van der Waals surface area contributed by atoms with E-state index in [1.807, 2.05) is 0 Å². The van der Waals surface area contributed by atoms with E-state index in [1.54, 1.807) is 6.07 Å². The van der Waals surface area contributed by atoms with Crippen LogP contribution in [0.4, 0.5) is 5.69 Å². The summed E-state index contributed by atoms with van der Waals surface area (Å²) in [6, 6.07) is 3.20. The lowest BCUT2D eigenvalue weighted by Crippen LogP contribution is -2.53. The Morgan fingerprint density at radius 1 is 1.37 bits per heavy atom. The van der Waals surface area contributed by atoms with Gasteiger partial charge < -0.3 is 15.6 Å². The Morgan fingerprint density at radius 2 is 2.11 bits per heavy atom. The van der Waals surface area contributed by atoms with Crippen molar-refractivity contribution in [2.45, 2.75) is 23.8 Å². The van der Waals surface area contributed by atoms with E-state index in [0.29, 0.717) is 18.0 Å². The molecule has 0 aromatic heterocycles. The lowest BCUT2D eigenvalue weighted by molar-refractivity contribution is 0.0546. The molecule has 2 heterocycles. The smallest absolute Gasteiger partial charge is 0.247 e. The number of ether oxygens (including phenoxy) is 1. The van der Waals surface area contributed by atoms with Gasteiger partial charge in [-0.15, -0.1) is 0 Å². The second kappa shape index (κ2) is 4.36. The Balaban J connectivity index is 2.07. The molecular formula is C12H16N2O4S. The van der Waals surface area contributed by atoms with E-state index in [-0.39, 0.29) is 18.0 Å². The molecule has 0 bridgehead atoms. The van der Waals surface area contributed by atoms with Crippen molar-refractivity contribution in [2.24, 2.45) is 0 Å². The molecule has 1 saturated heterocycles. The molecular weight excluding hydrogens is 268 g/mol. The molecule has 0 spiro atoms. The van der Waals surface area contributed by atoms with Crippen LogP contribution in [0, 0.1) is 0 Å². The lowest BCUT2D eigenvalue weighted by atomic mass is 10.1. The Hall–Kier alpha value is -1.31. The van der Waals surface area contributed by atoms with Crippen LogP contribution in [-0.2, 0) is 16.4 Å². The van der Waals surface area contributed by atoms with Crippen LogP contribution in [0.15, 0.2) is 17.0 Å². The molecule has 0 saturated carbocycles. The first-order chi connectivity index (χ1) is 8.98. The molecule has 2 aliphatic rings. The van der Waals surface area contributed by atoms with Crippen LogP contribution in [-0.4, -0.2) is 43.6 Å². The monoisotopic (exact) mass is 284 g/mol. The summed E-state index contributed by atoms with van der Waals surface area (Å²) < 4.78 is 31.7. The second-order valence-corrected chi connectivity index (χ2v) is 6.84. The van der Waals surface area contributed by atoms with Gasteiger partial charge in [-0.3, -0.25) is 0 Å². The Bertz CT molecular complexity index is 608. The minimum atomic E-state index is -3.63. The molecule has 0 aliphatic carbocycles. The molecule has 0 unspecified atom stereocenters. The Morgan fingerprint density at radius 3 is 2.79 bits per heavy atom. The van der Waals surface area contributed by atoms with Gasteiger partial charge in [-0.25, -0.2) is 8.42 Å². The van der Waals surface area contributed by atoms with Crippen LogP contribution in [0.1, 0.15) is 12.0 Å². The number of rotatable bonds is 2. The maximum atomic E-state index is 12.5. The first-order valence-corrected chi connectivity index (χ1v) is 7.66. The van der Waals surface area contributed by atoms with Gasteiger partial charge in [0.15, 0.2) is 0 Å². The third-order valence-corrected chi connectivity index (χ3v) is 5.27. The lowest BCUT2D eigenvalue weighted by Gasteiger charge is -2.35. The third kappa shape index (κ3) is 2.07. The number of fused-ring (bicyclic) bond motifs is 1.